The first-order valence-corrected chi connectivity index (χ1v) is 7.84. The van der Waals surface area contributed by atoms with Crippen LogP contribution in [0, 0.1) is 0 Å². The van der Waals surface area contributed by atoms with Gasteiger partial charge in [-0.25, -0.2) is 9.59 Å². The fraction of sp³-hybridized carbons (Fsp3) is 0.118. The van der Waals surface area contributed by atoms with E-state index in [1.165, 1.54) is 7.05 Å². The Hall–Kier alpha value is -2.67. The van der Waals surface area contributed by atoms with Crippen LogP contribution in [0.25, 0.3) is 0 Å². The molecular formula is C17H15BrN2O4. The Morgan fingerprint density at radius 2 is 1.62 bits per heavy atom. The number of urea groups is 1. The summed E-state index contributed by atoms with van der Waals surface area (Å²) in [5.74, 6) is -1.39. The van der Waals surface area contributed by atoms with E-state index in [0.29, 0.717) is 11.1 Å². The van der Waals surface area contributed by atoms with E-state index in [1.54, 1.807) is 54.6 Å². The van der Waals surface area contributed by atoms with Crippen LogP contribution in [0.15, 0.2) is 59.1 Å². The Kier molecular flexibility index (Phi) is 6.08. The number of esters is 1. The zero-order chi connectivity index (χ0) is 17.5. The van der Waals surface area contributed by atoms with Gasteiger partial charge in [0.25, 0.3) is 5.91 Å². The van der Waals surface area contributed by atoms with Crippen LogP contribution in [0.2, 0.25) is 0 Å². The second-order valence-corrected chi connectivity index (χ2v) is 5.69. The number of hydrogen-bond acceptors (Lipinski definition) is 4. The highest BCUT2D eigenvalue weighted by Crippen LogP contribution is 2.20. The second-order valence-electron chi connectivity index (χ2n) is 4.77. The van der Waals surface area contributed by atoms with Crippen molar-refractivity contribution in [2.75, 3.05) is 7.05 Å². The maximum Gasteiger partial charge on any atom is 0.339 e. The van der Waals surface area contributed by atoms with E-state index in [9.17, 15) is 14.4 Å². The van der Waals surface area contributed by atoms with E-state index in [2.05, 4.69) is 26.6 Å². The highest BCUT2D eigenvalue weighted by atomic mass is 79.9. The summed E-state index contributed by atoms with van der Waals surface area (Å²) in [5, 5.41) is 4.40. The number of hydrogen-bond donors (Lipinski definition) is 2. The van der Waals surface area contributed by atoms with Crippen molar-refractivity contribution in [2.24, 2.45) is 0 Å². The first kappa shape index (κ1) is 17.7. The van der Waals surface area contributed by atoms with E-state index < -0.39 is 24.0 Å². The molecule has 6 nitrogen and oxygen atoms in total. The quantitative estimate of drug-likeness (QED) is 0.786. The van der Waals surface area contributed by atoms with E-state index in [-0.39, 0.29) is 0 Å². The van der Waals surface area contributed by atoms with Gasteiger partial charge in [0, 0.05) is 17.1 Å². The number of carbonyl (C=O) groups excluding carboxylic acids is 3. The number of amides is 3. The molecule has 0 heterocycles. The van der Waals surface area contributed by atoms with Crippen molar-refractivity contribution in [1.82, 2.24) is 10.6 Å². The topological polar surface area (TPSA) is 84.5 Å². The fourth-order valence-corrected chi connectivity index (χ4v) is 2.17. The van der Waals surface area contributed by atoms with Crippen molar-refractivity contribution in [2.45, 2.75) is 6.10 Å². The summed E-state index contributed by atoms with van der Waals surface area (Å²) >= 11 is 3.28. The average Bonchev–Trinajstić information content (AvgIpc) is 2.60. The summed E-state index contributed by atoms with van der Waals surface area (Å²) in [6, 6.07) is 14.3. The van der Waals surface area contributed by atoms with Gasteiger partial charge in [-0.2, -0.15) is 0 Å². The molecule has 0 unspecified atom stereocenters. The standard InChI is InChI=1S/C17H15BrN2O4/c1-19-17(23)20-15(21)14(11-5-3-2-4-6-11)24-16(22)12-7-9-13(18)10-8-12/h2-10,14H,1H3,(H2,19,20,21,23)/t14-/m1/s1. The molecule has 0 saturated carbocycles. The Morgan fingerprint density at radius 3 is 2.21 bits per heavy atom. The van der Waals surface area contributed by atoms with Crippen LogP contribution in [0.3, 0.4) is 0 Å². The third-order valence-electron chi connectivity index (χ3n) is 3.11. The van der Waals surface area contributed by atoms with Crippen LogP contribution < -0.4 is 10.6 Å². The normalized spacial score (nSPS) is 11.2. The highest BCUT2D eigenvalue weighted by molar-refractivity contribution is 9.10. The summed E-state index contributed by atoms with van der Waals surface area (Å²) < 4.78 is 6.14. The minimum atomic E-state index is -1.24. The summed E-state index contributed by atoms with van der Waals surface area (Å²) in [7, 11) is 1.38. The predicted octanol–water partition coefficient (Wildman–Crippen LogP) is 2.80. The lowest BCUT2D eigenvalue weighted by molar-refractivity contribution is -0.129. The van der Waals surface area contributed by atoms with Gasteiger partial charge in [0.15, 0.2) is 0 Å². The van der Waals surface area contributed by atoms with Crippen molar-refractivity contribution in [1.29, 1.82) is 0 Å². The van der Waals surface area contributed by atoms with Crippen LogP contribution >= 0.6 is 15.9 Å². The highest BCUT2D eigenvalue weighted by Gasteiger charge is 2.26. The Morgan fingerprint density at radius 1 is 1.00 bits per heavy atom. The molecule has 0 spiro atoms. The number of imide groups is 1. The minimum absolute atomic E-state index is 0.298. The first-order chi connectivity index (χ1) is 11.5. The molecule has 3 amide bonds. The molecule has 0 aliphatic rings. The summed E-state index contributed by atoms with van der Waals surface area (Å²) in [4.78, 5) is 35.9. The molecule has 24 heavy (non-hydrogen) atoms. The van der Waals surface area contributed by atoms with Gasteiger partial charge < -0.3 is 10.1 Å². The molecule has 2 N–H and O–H groups in total. The monoisotopic (exact) mass is 390 g/mol. The number of nitrogens with one attached hydrogen (secondary N) is 2. The number of ether oxygens (including phenoxy) is 1. The number of carbonyl (C=O) groups is 3. The number of rotatable bonds is 4. The zero-order valence-corrected chi connectivity index (χ0v) is 14.4. The Labute approximate surface area is 147 Å². The van der Waals surface area contributed by atoms with Crippen LogP contribution in [0.4, 0.5) is 4.79 Å². The molecule has 0 aliphatic heterocycles. The van der Waals surface area contributed by atoms with Gasteiger partial charge >= 0.3 is 12.0 Å². The Bertz CT molecular complexity index is 732. The van der Waals surface area contributed by atoms with Gasteiger partial charge in [-0.05, 0) is 24.3 Å². The smallest absolute Gasteiger partial charge is 0.339 e. The van der Waals surface area contributed by atoms with Gasteiger partial charge in [-0.15, -0.1) is 0 Å². The van der Waals surface area contributed by atoms with Crippen molar-refractivity contribution in [3.8, 4) is 0 Å². The summed E-state index contributed by atoms with van der Waals surface area (Å²) in [5.41, 5.74) is 0.760. The van der Waals surface area contributed by atoms with Gasteiger partial charge in [-0.1, -0.05) is 46.3 Å². The van der Waals surface area contributed by atoms with Gasteiger partial charge in [0.1, 0.15) is 0 Å². The van der Waals surface area contributed by atoms with Crippen LogP contribution in [-0.2, 0) is 9.53 Å². The molecule has 0 saturated heterocycles. The van der Waals surface area contributed by atoms with Crippen LogP contribution in [0.5, 0.6) is 0 Å². The molecule has 2 rings (SSSR count). The van der Waals surface area contributed by atoms with Crippen LogP contribution in [0.1, 0.15) is 22.0 Å². The zero-order valence-electron chi connectivity index (χ0n) is 12.8. The Balaban J connectivity index is 2.22. The molecular weight excluding hydrogens is 376 g/mol. The van der Waals surface area contributed by atoms with Gasteiger partial charge in [0.05, 0.1) is 5.56 Å². The van der Waals surface area contributed by atoms with E-state index in [1.807, 2.05) is 0 Å². The average molecular weight is 391 g/mol. The molecule has 0 aliphatic carbocycles. The maximum absolute atomic E-state index is 12.3. The maximum atomic E-state index is 12.3. The summed E-state index contributed by atoms with van der Waals surface area (Å²) in [6.45, 7) is 0. The second kappa shape index (κ2) is 8.26. The molecule has 124 valence electrons. The molecule has 0 aromatic heterocycles. The van der Waals surface area contributed by atoms with Crippen LogP contribution in [-0.4, -0.2) is 25.0 Å². The van der Waals surface area contributed by atoms with E-state index in [4.69, 9.17) is 4.74 Å². The van der Waals surface area contributed by atoms with Crippen molar-refractivity contribution in [3.63, 3.8) is 0 Å². The lowest BCUT2D eigenvalue weighted by atomic mass is 10.1. The molecule has 2 aromatic carbocycles. The van der Waals surface area contributed by atoms with Gasteiger partial charge in [-0.3, -0.25) is 10.1 Å². The first-order valence-electron chi connectivity index (χ1n) is 7.05. The minimum Gasteiger partial charge on any atom is -0.444 e. The molecule has 1 atom stereocenters. The summed E-state index contributed by atoms with van der Waals surface area (Å²) in [6.07, 6.45) is -1.24. The molecule has 2 aromatic rings. The molecule has 0 fully saturated rings. The van der Waals surface area contributed by atoms with Crippen molar-refractivity contribution >= 4 is 33.8 Å². The fourth-order valence-electron chi connectivity index (χ4n) is 1.90. The third kappa shape index (κ3) is 4.66. The SMILES string of the molecule is CNC(=O)NC(=O)[C@H](OC(=O)c1ccc(Br)cc1)c1ccccc1. The van der Waals surface area contributed by atoms with Crippen molar-refractivity contribution < 1.29 is 19.1 Å². The van der Waals surface area contributed by atoms with Gasteiger partial charge in [0.2, 0.25) is 6.10 Å². The largest absolute Gasteiger partial charge is 0.444 e. The van der Waals surface area contributed by atoms with E-state index >= 15 is 0 Å². The van der Waals surface area contributed by atoms with E-state index in [0.717, 1.165) is 4.47 Å². The predicted molar refractivity (Wildman–Crippen MR) is 91.3 cm³/mol. The van der Waals surface area contributed by atoms with Crippen molar-refractivity contribution in [3.05, 3.63) is 70.2 Å². The lowest BCUT2D eigenvalue weighted by Gasteiger charge is -2.17. The molecule has 7 heteroatoms. The number of halogens is 1. The lowest BCUT2D eigenvalue weighted by Crippen LogP contribution is -2.41. The third-order valence-corrected chi connectivity index (χ3v) is 3.64. The number of benzene rings is 2. The molecule has 0 bridgehead atoms. The molecule has 0 radical (unpaired) electrons.